The molecule has 0 aliphatic rings. The summed E-state index contributed by atoms with van der Waals surface area (Å²) in [7, 11) is 0. The molecule has 1 N–H and O–H groups in total. The topological polar surface area (TPSA) is 73.0 Å². The average molecular weight is 246 g/mol. The van der Waals surface area contributed by atoms with E-state index in [9.17, 15) is 10.1 Å². The number of hydrogen-bond acceptors (Lipinski definition) is 4. The lowest BCUT2D eigenvalue weighted by Crippen LogP contribution is -2.08. The van der Waals surface area contributed by atoms with Crippen LogP contribution in [-0.2, 0) is 13.1 Å². The minimum atomic E-state index is -0.389. The van der Waals surface area contributed by atoms with Crippen molar-refractivity contribution in [1.29, 1.82) is 0 Å². The van der Waals surface area contributed by atoms with Crippen LogP contribution in [0.5, 0.6) is 0 Å². The van der Waals surface area contributed by atoms with Crippen LogP contribution in [0.2, 0.25) is 0 Å². The SMILES string of the molecule is CCn1nccc1CNc1ccccc1[N+](=O)[O-]. The van der Waals surface area contributed by atoms with Crippen molar-refractivity contribution in [3.63, 3.8) is 0 Å². The summed E-state index contributed by atoms with van der Waals surface area (Å²) < 4.78 is 1.85. The van der Waals surface area contributed by atoms with E-state index in [0.29, 0.717) is 12.2 Å². The Bertz CT molecular complexity index is 551. The Labute approximate surface area is 104 Å². The van der Waals surface area contributed by atoms with Crippen LogP contribution >= 0.6 is 0 Å². The van der Waals surface area contributed by atoms with Gasteiger partial charge in [0.05, 0.1) is 17.2 Å². The maximum absolute atomic E-state index is 10.9. The van der Waals surface area contributed by atoms with Crippen molar-refractivity contribution in [2.45, 2.75) is 20.0 Å². The maximum atomic E-state index is 10.9. The predicted molar refractivity (Wildman–Crippen MR) is 68.3 cm³/mol. The second kappa shape index (κ2) is 5.31. The van der Waals surface area contributed by atoms with E-state index in [1.54, 1.807) is 24.4 Å². The Balaban J connectivity index is 2.13. The van der Waals surface area contributed by atoms with Gasteiger partial charge in [-0.25, -0.2) is 0 Å². The van der Waals surface area contributed by atoms with E-state index < -0.39 is 0 Å². The van der Waals surface area contributed by atoms with Gasteiger partial charge in [-0.15, -0.1) is 0 Å². The zero-order valence-corrected chi connectivity index (χ0v) is 10.0. The summed E-state index contributed by atoms with van der Waals surface area (Å²) in [5, 5.41) is 18.1. The molecule has 18 heavy (non-hydrogen) atoms. The van der Waals surface area contributed by atoms with Gasteiger partial charge in [-0.3, -0.25) is 14.8 Å². The number of nitro benzene ring substituents is 1. The summed E-state index contributed by atoms with van der Waals surface area (Å²) in [6.07, 6.45) is 1.72. The molecule has 1 aromatic carbocycles. The van der Waals surface area contributed by atoms with Crippen molar-refractivity contribution >= 4 is 11.4 Å². The second-order valence-corrected chi connectivity index (χ2v) is 3.77. The van der Waals surface area contributed by atoms with Crippen molar-refractivity contribution in [3.8, 4) is 0 Å². The fourth-order valence-electron chi connectivity index (χ4n) is 1.76. The van der Waals surface area contributed by atoms with E-state index in [1.165, 1.54) is 6.07 Å². The summed E-state index contributed by atoms with van der Waals surface area (Å²) in [5.41, 5.74) is 1.60. The number of aromatic nitrogens is 2. The van der Waals surface area contributed by atoms with Crippen LogP contribution in [0, 0.1) is 10.1 Å². The number of rotatable bonds is 5. The first-order valence-electron chi connectivity index (χ1n) is 5.70. The van der Waals surface area contributed by atoms with Gasteiger partial charge >= 0.3 is 0 Å². The first kappa shape index (κ1) is 12.1. The van der Waals surface area contributed by atoms with Crippen molar-refractivity contribution in [2.75, 3.05) is 5.32 Å². The molecule has 0 fully saturated rings. The van der Waals surface area contributed by atoms with Gasteiger partial charge in [0.15, 0.2) is 0 Å². The van der Waals surface area contributed by atoms with Gasteiger partial charge in [0.25, 0.3) is 5.69 Å². The molecule has 6 heteroatoms. The molecule has 0 atom stereocenters. The molecule has 94 valence electrons. The van der Waals surface area contributed by atoms with Crippen molar-refractivity contribution in [2.24, 2.45) is 0 Å². The Morgan fingerprint density at radius 1 is 1.39 bits per heavy atom. The fourth-order valence-corrected chi connectivity index (χ4v) is 1.76. The number of nitrogens with zero attached hydrogens (tertiary/aromatic N) is 3. The molecule has 0 unspecified atom stereocenters. The van der Waals surface area contributed by atoms with Crippen LogP contribution in [0.25, 0.3) is 0 Å². The molecule has 2 rings (SSSR count). The molecule has 6 nitrogen and oxygen atoms in total. The highest BCUT2D eigenvalue weighted by molar-refractivity contribution is 5.61. The monoisotopic (exact) mass is 246 g/mol. The smallest absolute Gasteiger partial charge is 0.292 e. The minimum Gasteiger partial charge on any atom is -0.374 e. The summed E-state index contributed by atoms with van der Waals surface area (Å²) in [5.74, 6) is 0. The highest BCUT2D eigenvalue weighted by Gasteiger charge is 2.12. The third-order valence-electron chi connectivity index (χ3n) is 2.66. The number of aryl methyl sites for hydroxylation is 1. The molecular weight excluding hydrogens is 232 g/mol. The lowest BCUT2D eigenvalue weighted by molar-refractivity contribution is -0.384. The number of benzene rings is 1. The summed E-state index contributed by atoms with van der Waals surface area (Å²) in [6, 6.07) is 8.50. The third-order valence-corrected chi connectivity index (χ3v) is 2.66. The first-order valence-corrected chi connectivity index (χ1v) is 5.70. The normalized spacial score (nSPS) is 10.3. The molecule has 0 radical (unpaired) electrons. The van der Waals surface area contributed by atoms with E-state index in [1.807, 2.05) is 17.7 Å². The summed E-state index contributed by atoms with van der Waals surface area (Å²) >= 11 is 0. The third kappa shape index (κ3) is 2.48. The van der Waals surface area contributed by atoms with Gasteiger partial charge in [0.2, 0.25) is 0 Å². The maximum Gasteiger partial charge on any atom is 0.292 e. The number of anilines is 1. The molecule has 0 amide bonds. The summed E-state index contributed by atoms with van der Waals surface area (Å²) in [4.78, 5) is 10.5. The Hall–Kier alpha value is -2.37. The van der Waals surface area contributed by atoms with Gasteiger partial charge in [-0.05, 0) is 19.1 Å². The van der Waals surface area contributed by atoms with Crippen molar-refractivity contribution in [3.05, 3.63) is 52.3 Å². The second-order valence-electron chi connectivity index (χ2n) is 3.77. The number of hydrogen-bond donors (Lipinski definition) is 1. The molecule has 0 aliphatic heterocycles. The lowest BCUT2D eigenvalue weighted by atomic mass is 10.2. The fraction of sp³-hybridized carbons (Fsp3) is 0.250. The van der Waals surface area contributed by atoms with Gasteiger partial charge in [-0.1, -0.05) is 12.1 Å². The average Bonchev–Trinajstić information content (AvgIpc) is 2.84. The van der Waals surface area contributed by atoms with Crippen LogP contribution < -0.4 is 5.32 Å². The van der Waals surface area contributed by atoms with Crippen LogP contribution in [-0.4, -0.2) is 14.7 Å². The largest absolute Gasteiger partial charge is 0.374 e. The van der Waals surface area contributed by atoms with Gasteiger partial charge in [0, 0.05) is 18.8 Å². The van der Waals surface area contributed by atoms with Crippen LogP contribution in [0.4, 0.5) is 11.4 Å². The number of nitro groups is 1. The van der Waals surface area contributed by atoms with Gasteiger partial charge < -0.3 is 5.32 Å². The van der Waals surface area contributed by atoms with E-state index in [4.69, 9.17) is 0 Å². The van der Waals surface area contributed by atoms with Crippen molar-refractivity contribution in [1.82, 2.24) is 9.78 Å². The minimum absolute atomic E-state index is 0.0834. The molecule has 0 bridgehead atoms. The van der Waals surface area contributed by atoms with Crippen LogP contribution in [0.15, 0.2) is 36.5 Å². The van der Waals surface area contributed by atoms with Crippen molar-refractivity contribution < 1.29 is 4.92 Å². The zero-order chi connectivity index (χ0) is 13.0. The Kier molecular flexibility index (Phi) is 3.57. The lowest BCUT2D eigenvalue weighted by Gasteiger charge is -2.08. The molecule has 0 aliphatic carbocycles. The van der Waals surface area contributed by atoms with E-state index >= 15 is 0 Å². The Morgan fingerprint density at radius 3 is 2.89 bits per heavy atom. The first-order chi connectivity index (χ1) is 8.72. The molecular formula is C12H14N4O2. The highest BCUT2D eigenvalue weighted by Crippen LogP contribution is 2.23. The van der Waals surface area contributed by atoms with Gasteiger partial charge in [0.1, 0.15) is 5.69 Å². The molecule has 0 saturated heterocycles. The number of nitrogens with one attached hydrogen (secondary N) is 1. The molecule has 1 heterocycles. The van der Waals surface area contributed by atoms with E-state index in [0.717, 1.165) is 12.2 Å². The standard InChI is InChI=1S/C12H14N4O2/c1-2-15-10(7-8-14-15)9-13-11-5-3-4-6-12(11)16(17)18/h3-8,13H,2,9H2,1H3. The van der Waals surface area contributed by atoms with E-state index in [-0.39, 0.29) is 10.6 Å². The quantitative estimate of drug-likeness (QED) is 0.649. The Morgan fingerprint density at radius 2 is 2.17 bits per heavy atom. The van der Waals surface area contributed by atoms with Gasteiger partial charge in [-0.2, -0.15) is 5.10 Å². The van der Waals surface area contributed by atoms with E-state index in [2.05, 4.69) is 10.4 Å². The predicted octanol–water partition coefficient (Wildman–Crippen LogP) is 2.42. The highest BCUT2D eigenvalue weighted by atomic mass is 16.6. The summed E-state index contributed by atoms with van der Waals surface area (Å²) in [6.45, 7) is 3.29. The van der Waals surface area contributed by atoms with Crippen LogP contribution in [0.3, 0.4) is 0 Å². The zero-order valence-electron chi connectivity index (χ0n) is 10.0. The molecule has 2 aromatic rings. The molecule has 1 aromatic heterocycles. The van der Waals surface area contributed by atoms with Crippen LogP contribution in [0.1, 0.15) is 12.6 Å². The molecule has 0 saturated carbocycles. The number of para-hydroxylation sites is 2. The molecule has 0 spiro atoms.